The lowest BCUT2D eigenvalue weighted by Gasteiger charge is -1.97. The Labute approximate surface area is 82.7 Å². The molecule has 0 atom stereocenters. The van der Waals surface area contributed by atoms with Crippen LogP contribution in [-0.4, -0.2) is 23.7 Å². The van der Waals surface area contributed by atoms with E-state index in [4.69, 9.17) is 5.84 Å². The fraction of sp³-hybridized carbons (Fsp3) is 0.200. The number of hydrogen-bond donors (Lipinski definition) is 2. The summed E-state index contributed by atoms with van der Waals surface area (Å²) >= 11 is 0. The molecule has 72 valence electrons. The Bertz CT molecular complexity index is 381. The maximum atomic E-state index is 5.10. The molecule has 0 aromatic heterocycles. The number of hydrogen-bond acceptors (Lipinski definition) is 3. The predicted octanol–water partition coefficient (Wildman–Crippen LogP) is 0.602. The fourth-order valence-corrected chi connectivity index (χ4v) is 1.48. The van der Waals surface area contributed by atoms with Crippen molar-refractivity contribution >= 4 is 18.1 Å². The van der Waals surface area contributed by atoms with Crippen LogP contribution < -0.4 is 11.3 Å². The Balaban J connectivity index is 2.30. The molecule has 4 heteroatoms. The van der Waals surface area contributed by atoms with Gasteiger partial charge in [0.15, 0.2) is 6.21 Å². The second kappa shape index (κ2) is 3.91. The summed E-state index contributed by atoms with van der Waals surface area (Å²) in [6.07, 6.45) is 4.83. The normalized spacial score (nSPS) is 15.6. The second-order valence-electron chi connectivity index (χ2n) is 3.12. The first kappa shape index (κ1) is 8.74. The van der Waals surface area contributed by atoms with Gasteiger partial charge in [-0.25, -0.2) is 0 Å². The van der Waals surface area contributed by atoms with Crippen LogP contribution in [0.3, 0.4) is 0 Å². The summed E-state index contributed by atoms with van der Waals surface area (Å²) in [4.78, 5) is 0. The van der Waals surface area contributed by atoms with Crippen LogP contribution in [0.1, 0.15) is 12.0 Å². The highest BCUT2D eigenvalue weighted by molar-refractivity contribution is 5.80. The van der Waals surface area contributed by atoms with E-state index in [0.717, 1.165) is 24.2 Å². The van der Waals surface area contributed by atoms with Gasteiger partial charge in [0.05, 0.1) is 19.2 Å². The number of nitrogens with one attached hydrogen (secondary N) is 1. The van der Waals surface area contributed by atoms with Crippen LogP contribution in [0.25, 0.3) is 0 Å². The van der Waals surface area contributed by atoms with E-state index >= 15 is 0 Å². The quantitative estimate of drug-likeness (QED) is 0.310. The van der Waals surface area contributed by atoms with E-state index in [1.54, 1.807) is 6.21 Å². The second-order valence-corrected chi connectivity index (χ2v) is 3.12. The lowest BCUT2D eigenvalue weighted by Crippen LogP contribution is -2.18. The van der Waals surface area contributed by atoms with Crippen LogP contribution in [0.2, 0.25) is 0 Å². The molecule has 1 aliphatic heterocycles. The average molecular weight is 189 g/mol. The van der Waals surface area contributed by atoms with Crippen LogP contribution in [0.15, 0.2) is 29.4 Å². The smallest absolute Gasteiger partial charge is 0.235 e. The van der Waals surface area contributed by atoms with Crippen LogP contribution in [0.5, 0.6) is 0 Å². The Morgan fingerprint density at radius 1 is 1.50 bits per heavy atom. The van der Waals surface area contributed by atoms with Gasteiger partial charge < -0.3 is 5.84 Å². The minimum atomic E-state index is 0.995. The van der Waals surface area contributed by atoms with Gasteiger partial charge in [-0.2, -0.15) is 10.5 Å². The molecule has 2 rings (SSSR count). The standard InChI is InChI=1S/C10H13N4/c11-12-8-9-3-1-4-10(7-9)14-6-2-5-13-14/h1,3-4,6-8,13H,2,5,11H2/q+1/b12-8+. The number of benzene rings is 1. The van der Waals surface area contributed by atoms with Crippen LogP contribution >= 0.6 is 0 Å². The lowest BCUT2D eigenvalue weighted by atomic mass is 10.2. The SMILES string of the molecule is N/N=C/c1cccc([N+]2=CCCN2)c1. The molecule has 0 fully saturated rings. The van der Waals surface area contributed by atoms with Gasteiger partial charge >= 0.3 is 0 Å². The zero-order valence-corrected chi connectivity index (χ0v) is 7.85. The van der Waals surface area contributed by atoms with Gasteiger partial charge in [0, 0.05) is 17.7 Å². The molecule has 3 N–H and O–H groups in total. The van der Waals surface area contributed by atoms with E-state index in [0.29, 0.717) is 0 Å². The first-order chi connectivity index (χ1) is 6.90. The molecular formula is C10H13N4+. The summed E-state index contributed by atoms with van der Waals surface area (Å²) in [7, 11) is 0. The van der Waals surface area contributed by atoms with E-state index in [-0.39, 0.29) is 0 Å². The van der Waals surface area contributed by atoms with E-state index in [1.807, 2.05) is 28.9 Å². The molecule has 14 heavy (non-hydrogen) atoms. The van der Waals surface area contributed by atoms with Gasteiger partial charge in [-0.1, -0.05) is 16.8 Å². The largest absolute Gasteiger partial charge is 0.323 e. The minimum Gasteiger partial charge on any atom is -0.323 e. The summed E-state index contributed by atoms with van der Waals surface area (Å²) in [5.74, 6) is 5.10. The van der Waals surface area contributed by atoms with Gasteiger partial charge in [-0.05, 0) is 0 Å². The van der Waals surface area contributed by atoms with Gasteiger partial charge in [-0.15, -0.1) is 0 Å². The molecule has 0 aliphatic carbocycles. The van der Waals surface area contributed by atoms with E-state index in [1.165, 1.54) is 0 Å². The Morgan fingerprint density at radius 3 is 3.14 bits per heavy atom. The molecular weight excluding hydrogens is 176 g/mol. The first-order valence-corrected chi connectivity index (χ1v) is 4.59. The highest BCUT2D eigenvalue weighted by Crippen LogP contribution is 2.12. The summed E-state index contributed by atoms with van der Waals surface area (Å²) in [6, 6.07) is 8.03. The number of rotatable bonds is 2. The molecule has 4 nitrogen and oxygen atoms in total. The first-order valence-electron chi connectivity index (χ1n) is 4.59. The minimum absolute atomic E-state index is 0.995. The molecule has 0 bridgehead atoms. The molecule has 0 spiro atoms. The zero-order chi connectivity index (χ0) is 9.80. The summed E-state index contributed by atoms with van der Waals surface area (Å²) in [5.41, 5.74) is 5.36. The topological polar surface area (TPSA) is 53.4 Å². The molecule has 0 saturated heterocycles. The molecule has 0 unspecified atom stereocenters. The van der Waals surface area contributed by atoms with Crippen molar-refractivity contribution in [2.45, 2.75) is 6.42 Å². The van der Waals surface area contributed by atoms with E-state index in [2.05, 4.69) is 16.7 Å². The van der Waals surface area contributed by atoms with Gasteiger partial charge in [0.25, 0.3) is 0 Å². The Hall–Kier alpha value is -1.84. The number of nitrogens with two attached hydrogens (primary N) is 1. The molecule has 0 saturated carbocycles. The monoisotopic (exact) mass is 189 g/mol. The zero-order valence-electron chi connectivity index (χ0n) is 7.85. The van der Waals surface area contributed by atoms with E-state index in [9.17, 15) is 0 Å². The van der Waals surface area contributed by atoms with Gasteiger partial charge in [-0.3, -0.25) is 0 Å². The van der Waals surface area contributed by atoms with Crippen LogP contribution in [-0.2, 0) is 0 Å². The molecule has 1 aromatic carbocycles. The van der Waals surface area contributed by atoms with Crippen molar-refractivity contribution in [2.24, 2.45) is 10.9 Å². The Kier molecular flexibility index (Phi) is 2.44. The van der Waals surface area contributed by atoms with Crippen molar-refractivity contribution in [1.82, 2.24) is 5.43 Å². The van der Waals surface area contributed by atoms with Crippen molar-refractivity contribution in [3.63, 3.8) is 0 Å². The van der Waals surface area contributed by atoms with Crippen molar-refractivity contribution in [1.29, 1.82) is 0 Å². The highest BCUT2D eigenvalue weighted by Gasteiger charge is 2.13. The molecule has 0 radical (unpaired) electrons. The number of hydrazine groups is 1. The molecule has 1 aromatic rings. The third kappa shape index (κ3) is 1.74. The summed E-state index contributed by atoms with van der Waals surface area (Å²) < 4.78 is 2.02. The summed E-state index contributed by atoms with van der Waals surface area (Å²) in [6.45, 7) is 0.995. The van der Waals surface area contributed by atoms with Gasteiger partial charge in [0.1, 0.15) is 0 Å². The predicted molar refractivity (Wildman–Crippen MR) is 56.8 cm³/mol. The molecule has 1 heterocycles. The third-order valence-electron chi connectivity index (χ3n) is 2.11. The number of hydrazone groups is 2. The maximum Gasteiger partial charge on any atom is 0.235 e. The van der Waals surface area contributed by atoms with Crippen molar-refractivity contribution in [3.8, 4) is 0 Å². The van der Waals surface area contributed by atoms with Crippen LogP contribution in [0, 0.1) is 0 Å². The Morgan fingerprint density at radius 2 is 2.43 bits per heavy atom. The lowest BCUT2D eigenvalue weighted by molar-refractivity contribution is -0.492. The van der Waals surface area contributed by atoms with E-state index < -0.39 is 0 Å². The molecule has 0 amide bonds. The van der Waals surface area contributed by atoms with Crippen molar-refractivity contribution < 1.29 is 4.68 Å². The summed E-state index contributed by atoms with van der Waals surface area (Å²) in [5, 5.41) is 3.50. The highest BCUT2D eigenvalue weighted by atomic mass is 15.4. The van der Waals surface area contributed by atoms with Crippen molar-refractivity contribution in [3.05, 3.63) is 29.8 Å². The fourth-order valence-electron chi connectivity index (χ4n) is 1.48. The van der Waals surface area contributed by atoms with Crippen molar-refractivity contribution in [2.75, 3.05) is 6.54 Å². The average Bonchev–Trinajstić information content (AvgIpc) is 2.71. The number of nitrogens with zero attached hydrogens (tertiary/aromatic N) is 2. The van der Waals surface area contributed by atoms with Gasteiger partial charge in [0.2, 0.25) is 5.69 Å². The van der Waals surface area contributed by atoms with Crippen LogP contribution in [0.4, 0.5) is 5.69 Å². The third-order valence-corrected chi connectivity index (χ3v) is 2.11. The molecule has 1 aliphatic rings. The maximum absolute atomic E-state index is 5.10.